The molecule has 2 aromatic heterocycles. The second kappa shape index (κ2) is 6.90. The Labute approximate surface area is 143 Å². The van der Waals surface area contributed by atoms with E-state index in [2.05, 4.69) is 19.6 Å². The molecule has 0 fully saturated rings. The van der Waals surface area contributed by atoms with Gasteiger partial charge in [-0.05, 0) is 12.1 Å². The predicted molar refractivity (Wildman–Crippen MR) is 78.8 cm³/mol. The number of ether oxygens (including phenoxy) is 1. The fraction of sp³-hybridized carbons (Fsp3) is 0.125. The molecule has 2 heterocycles. The van der Waals surface area contributed by atoms with Crippen molar-refractivity contribution in [1.29, 1.82) is 0 Å². The summed E-state index contributed by atoms with van der Waals surface area (Å²) >= 11 is 0. The van der Waals surface area contributed by atoms with Gasteiger partial charge in [0.05, 0.1) is 6.20 Å². The molecule has 0 N–H and O–H groups in total. The maximum atomic E-state index is 12.7. The summed E-state index contributed by atoms with van der Waals surface area (Å²) in [5.41, 5.74) is 0.521. The Hall–Kier alpha value is -3.30. The minimum atomic E-state index is -4.73. The smallest absolute Gasteiger partial charge is 0.471 e. The normalized spacial score (nSPS) is 11.4. The molecular weight excluding hydrogens is 358 g/mol. The van der Waals surface area contributed by atoms with Crippen molar-refractivity contribution in [3.63, 3.8) is 0 Å². The number of ketones is 1. The van der Waals surface area contributed by atoms with Crippen molar-refractivity contribution in [1.82, 2.24) is 15.1 Å². The van der Waals surface area contributed by atoms with Crippen LogP contribution in [0.1, 0.15) is 16.2 Å². The summed E-state index contributed by atoms with van der Waals surface area (Å²) in [6, 6.07) is 7.98. The summed E-state index contributed by atoms with van der Waals surface area (Å²) in [4.78, 5) is 18.7. The van der Waals surface area contributed by atoms with E-state index in [4.69, 9.17) is 4.74 Å². The molecule has 0 amide bonds. The first-order chi connectivity index (χ1) is 12.3. The average molecular weight is 367 g/mol. The zero-order valence-electron chi connectivity index (χ0n) is 12.8. The van der Waals surface area contributed by atoms with Crippen molar-refractivity contribution < 1.29 is 31.6 Å². The van der Waals surface area contributed by atoms with Crippen LogP contribution in [0.2, 0.25) is 0 Å². The fourth-order valence-corrected chi connectivity index (χ4v) is 1.94. The van der Waals surface area contributed by atoms with E-state index in [1.165, 1.54) is 30.3 Å². The number of pyridine rings is 1. The number of nitrogens with zero attached hydrogens (tertiary/aromatic N) is 3. The minimum Gasteiger partial charge on any atom is -0.484 e. The lowest BCUT2D eigenvalue weighted by atomic mass is 10.1. The van der Waals surface area contributed by atoms with Gasteiger partial charge >= 0.3 is 12.1 Å². The maximum absolute atomic E-state index is 12.7. The molecule has 0 radical (unpaired) electrons. The van der Waals surface area contributed by atoms with Crippen molar-refractivity contribution in [2.24, 2.45) is 0 Å². The third kappa shape index (κ3) is 4.02. The monoisotopic (exact) mass is 367 g/mol. The van der Waals surface area contributed by atoms with Crippen LogP contribution in [0, 0.1) is 5.95 Å². The number of Topliss-reactive ketones (excluding diaryl/α,β-unsaturated/α-hetero) is 1. The molecule has 6 nitrogen and oxygen atoms in total. The number of rotatable bonds is 5. The van der Waals surface area contributed by atoms with Crippen LogP contribution >= 0.6 is 0 Å². The number of aromatic nitrogens is 3. The van der Waals surface area contributed by atoms with Gasteiger partial charge < -0.3 is 9.26 Å². The summed E-state index contributed by atoms with van der Waals surface area (Å²) < 4.78 is 59.4. The number of hydrogen-bond acceptors (Lipinski definition) is 6. The Balaban J connectivity index is 1.66. The summed E-state index contributed by atoms with van der Waals surface area (Å²) in [5.74, 6) is -2.53. The second-order valence-electron chi connectivity index (χ2n) is 5.03. The maximum Gasteiger partial charge on any atom is 0.471 e. The molecule has 3 rings (SSSR count). The third-order valence-electron chi connectivity index (χ3n) is 3.20. The number of alkyl halides is 3. The summed E-state index contributed by atoms with van der Waals surface area (Å²) in [7, 11) is 0. The van der Waals surface area contributed by atoms with E-state index >= 15 is 0 Å². The van der Waals surface area contributed by atoms with E-state index < -0.39 is 18.0 Å². The van der Waals surface area contributed by atoms with Crippen molar-refractivity contribution >= 4 is 5.78 Å². The number of carbonyl (C=O) groups excluding carboxylic acids is 1. The number of halogens is 4. The lowest BCUT2D eigenvalue weighted by Gasteiger charge is -2.05. The van der Waals surface area contributed by atoms with Crippen LogP contribution in [-0.2, 0) is 6.18 Å². The lowest BCUT2D eigenvalue weighted by molar-refractivity contribution is -0.159. The summed E-state index contributed by atoms with van der Waals surface area (Å²) in [6.07, 6.45) is -3.59. The van der Waals surface area contributed by atoms with Crippen LogP contribution in [0.5, 0.6) is 5.75 Å². The van der Waals surface area contributed by atoms with Crippen molar-refractivity contribution in [2.75, 3.05) is 6.61 Å². The van der Waals surface area contributed by atoms with E-state index in [-0.39, 0.29) is 35.1 Å². The van der Waals surface area contributed by atoms with Gasteiger partial charge in [0.25, 0.3) is 0 Å². The topological polar surface area (TPSA) is 78.1 Å². The van der Waals surface area contributed by atoms with Gasteiger partial charge in [0.2, 0.25) is 11.8 Å². The molecule has 1 aromatic carbocycles. The van der Waals surface area contributed by atoms with Gasteiger partial charge in [-0.15, -0.1) is 0 Å². The molecule has 0 atom stereocenters. The first-order valence-corrected chi connectivity index (χ1v) is 7.12. The number of hydrogen-bond donors (Lipinski definition) is 0. The first-order valence-electron chi connectivity index (χ1n) is 7.12. The summed E-state index contributed by atoms with van der Waals surface area (Å²) in [5, 5.41) is 3.26. The molecule has 0 aliphatic rings. The molecular formula is C16H9F4N3O3. The highest BCUT2D eigenvalue weighted by molar-refractivity contribution is 5.97. The Kier molecular flexibility index (Phi) is 4.65. The molecule has 0 unspecified atom stereocenters. The van der Waals surface area contributed by atoms with Gasteiger partial charge in [-0.3, -0.25) is 4.79 Å². The highest BCUT2D eigenvalue weighted by atomic mass is 19.4. The van der Waals surface area contributed by atoms with Crippen molar-refractivity contribution in [3.8, 4) is 17.1 Å². The molecule has 0 bridgehead atoms. The van der Waals surface area contributed by atoms with Crippen molar-refractivity contribution in [3.05, 3.63) is 60.0 Å². The standard InChI is InChI=1S/C16H9F4N3O3/c17-13-6-5-11(7-21-13)25-8-12(24)9-1-3-10(4-2-9)14-22-15(26-23-14)16(18,19)20/h1-7H,8H2. The van der Waals surface area contributed by atoms with Crippen LogP contribution in [-0.4, -0.2) is 27.5 Å². The minimum absolute atomic E-state index is 0.225. The van der Waals surface area contributed by atoms with E-state index in [0.717, 1.165) is 12.3 Å². The molecule has 0 aliphatic heterocycles. The number of carbonyl (C=O) groups is 1. The Morgan fingerprint density at radius 2 is 1.85 bits per heavy atom. The van der Waals surface area contributed by atoms with Gasteiger partial charge in [-0.25, -0.2) is 4.98 Å². The molecule has 10 heteroatoms. The second-order valence-corrected chi connectivity index (χ2v) is 5.03. The average Bonchev–Trinajstić information content (AvgIpc) is 3.12. The van der Waals surface area contributed by atoms with Crippen LogP contribution in [0.15, 0.2) is 47.1 Å². The molecule has 0 spiro atoms. The Morgan fingerprint density at radius 3 is 2.42 bits per heavy atom. The summed E-state index contributed by atoms with van der Waals surface area (Å²) in [6.45, 7) is -0.312. The fourth-order valence-electron chi connectivity index (χ4n) is 1.94. The van der Waals surface area contributed by atoms with E-state index in [1.807, 2.05) is 0 Å². The van der Waals surface area contributed by atoms with Crippen LogP contribution in [0.3, 0.4) is 0 Å². The van der Waals surface area contributed by atoms with Gasteiger partial charge in [-0.1, -0.05) is 29.4 Å². The van der Waals surface area contributed by atoms with E-state index in [9.17, 15) is 22.4 Å². The van der Waals surface area contributed by atoms with Gasteiger partial charge in [0, 0.05) is 11.1 Å². The Bertz CT molecular complexity index is 906. The molecule has 26 heavy (non-hydrogen) atoms. The molecule has 134 valence electrons. The predicted octanol–water partition coefficient (Wildman–Crippen LogP) is 3.55. The van der Waals surface area contributed by atoms with Crippen molar-refractivity contribution in [2.45, 2.75) is 6.18 Å². The van der Waals surface area contributed by atoms with E-state index in [1.54, 1.807) is 0 Å². The lowest BCUT2D eigenvalue weighted by Crippen LogP contribution is -2.11. The number of benzene rings is 1. The SMILES string of the molecule is O=C(COc1ccc(F)nc1)c1ccc(-c2noc(C(F)(F)F)n2)cc1. The van der Waals surface area contributed by atoms with Crippen LogP contribution in [0.4, 0.5) is 17.6 Å². The molecule has 3 aromatic rings. The van der Waals surface area contributed by atoms with Gasteiger partial charge in [0.1, 0.15) is 5.75 Å². The quantitative estimate of drug-likeness (QED) is 0.390. The zero-order chi connectivity index (χ0) is 18.7. The Morgan fingerprint density at radius 1 is 1.12 bits per heavy atom. The van der Waals surface area contributed by atoms with Gasteiger partial charge in [0.15, 0.2) is 12.4 Å². The molecule has 0 saturated heterocycles. The highest BCUT2D eigenvalue weighted by Gasteiger charge is 2.38. The first kappa shape index (κ1) is 17.5. The zero-order valence-corrected chi connectivity index (χ0v) is 12.8. The largest absolute Gasteiger partial charge is 0.484 e. The molecule has 0 aliphatic carbocycles. The molecule has 0 saturated carbocycles. The third-order valence-corrected chi connectivity index (χ3v) is 3.20. The van der Waals surface area contributed by atoms with E-state index in [0.29, 0.717) is 0 Å². The van der Waals surface area contributed by atoms with Crippen LogP contribution in [0.25, 0.3) is 11.4 Å². The van der Waals surface area contributed by atoms with Gasteiger partial charge in [-0.2, -0.15) is 22.5 Å². The van der Waals surface area contributed by atoms with Crippen LogP contribution < -0.4 is 4.74 Å². The highest BCUT2D eigenvalue weighted by Crippen LogP contribution is 2.29.